The average Bonchev–Trinajstić information content (AvgIpc) is 2.29. The van der Waals surface area contributed by atoms with Crippen LogP contribution in [0, 0.1) is 6.92 Å². The summed E-state index contributed by atoms with van der Waals surface area (Å²) in [6.07, 6.45) is 0. The number of nitrogens with zero attached hydrogens (tertiary/aromatic N) is 2. The predicted molar refractivity (Wildman–Crippen MR) is 47.5 cm³/mol. The summed E-state index contributed by atoms with van der Waals surface area (Å²) in [6, 6.07) is 1.61. The summed E-state index contributed by atoms with van der Waals surface area (Å²) in [4.78, 5) is 11.1. The Morgan fingerprint density at radius 2 is 2.08 bits per heavy atom. The summed E-state index contributed by atoms with van der Waals surface area (Å²) >= 11 is 0. The molecule has 5 heteroatoms. The molecule has 0 aliphatic heterocycles. The third-order valence-corrected chi connectivity index (χ3v) is 1.63. The zero-order valence-corrected chi connectivity index (χ0v) is 6.63. The lowest BCUT2D eigenvalue weighted by atomic mass is 10.3. The van der Waals surface area contributed by atoms with Gasteiger partial charge in [0, 0.05) is 6.07 Å². The van der Waals surface area contributed by atoms with Gasteiger partial charge in [0.2, 0.25) is 0 Å². The third-order valence-electron chi connectivity index (χ3n) is 1.63. The minimum atomic E-state index is 0.395. The van der Waals surface area contributed by atoms with Crippen LogP contribution in [0.25, 0.3) is 11.2 Å². The van der Waals surface area contributed by atoms with Gasteiger partial charge < -0.3 is 16.5 Å². The molecule has 0 saturated heterocycles. The number of anilines is 2. The van der Waals surface area contributed by atoms with Crippen LogP contribution in [0.15, 0.2) is 6.07 Å². The molecular formula is C7H9N5. The molecule has 5 N–H and O–H groups in total. The summed E-state index contributed by atoms with van der Waals surface area (Å²) in [7, 11) is 0. The summed E-state index contributed by atoms with van der Waals surface area (Å²) in [6.45, 7) is 1.84. The van der Waals surface area contributed by atoms with Crippen molar-refractivity contribution in [1.82, 2.24) is 15.0 Å². The van der Waals surface area contributed by atoms with Crippen molar-refractivity contribution in [2.75, 3.05) is 11.5 Å². The van der Waals surface area contributed by atoms with E-state index in [9.17, 15) is 0 Å². The van der Waals surface area contributed by atoms with Crippen molar-refractivity contribution >= 4 is 22.7 Å². The number of fused-ring (bicyclic) bond motifs is 1. The highest BCUT2D eigenvalue weighted by atomic mass is 15.0. The fourth-order valence-electron chi connectivity index (χ4n) is 1.15. The van der Waals surface area contributed by atoms with Crippen molar-refractivity contribution < 1.29 is 0 Å². The van der Waals surface area contributed by atoms with Gasteiger partial charge in [0.1, 0.15) is 17.2 Å². The third kappa shape index (κ3) is 0.868. The van der Waals surface area contributed by atoms with E-state index in [1.807, 2.05) is 6.92 Å². The Labute approximate surface area is 68.8 Å². The van der Waals surface area contributed by atoms with Gasteiger partial charge in [-0.3, -0.25) is 0 Å². The summed E-state index contributed by atoms with van der Waals surface area (Å²) in [5, 5.41) is 0. The van der Waals surface area contributed by atoms with Crippen molar-refractivity contribution in [3.63, 3.8) is 0 Å². The van der Waals surface area contributed by atoms with Crippen LogP contribution in [-0.2, 0) is 0 Å². The van der Waals surface area contributed by atoms with E-state index in [-0.39, 0.29) is 0 Å². The fraction of sp³-hybridized carbons (Fsp3) is 0.143. The van der Waals surface area contributed by atoms with Crippen LogP contribution in [0.1, 0.15) is 5.82 Å². The van der Waals surface area contributed by atoms with Crippen molar-refractivity contribution in [2.45, 2.75) is 6.92 Å². The highest BCUT2D eigenvalue weighted by Crippen LogP contribution is 2.18. The number of aryl methyl sites for hydroxylation is 1. The minimum Gasteiger partial charge on any atom is -0.397 e. The molecule has 0 saturated carbocycles. The molecule has 2 aromatic rings. The van der Waals surface area contributed by atoms with Gasteiger partial charge in [-0.05, 0) is 6.92 Å². The second kappa shape index (κ2) is 2.10. The van der Waals surface area contributed by atoms with E-state index >= 15 is 0 Å². The summed E-state index contributed by atoms with van der Waals surface area (Å²) < 4.78 is 0. The number of aromatic nitrogens is 3. The molecule has 0 unspecified atom stereocenters. The predicted octanol–water partition coefficient (Wildman–Crippen LogP) is 0.431. The topological polar surface area (TPSA) is 93.6 Å². The number of nitrogens with two attached hydrogens (primary N) is 2. The summed E-state index contributed by atoms with van der Waals surface area (Å²) in [5.41, 5.74) is 13.1. The van der Waals surface area contributed by atoms with Crippen LogP contribution < -0.4 is 11.5 Å². The first-order valence-corrected chi connectivity index (χ1v) is 3.55. The molecule has 2 heterocycles. The maximum atomic E-state index is 5.68. The molecule has 0 aliphatic rings. The number of H-pyrrole nitrogens is 1. The molecule has 5 nitrogen and oxygen atoms in total. The first kappa shape index (κ1) is 6.90. The second-order valence-corrected chi connectivity index (χ2v) is 2.66. The molecule has 0 radical (unpaired) electrons. The molecule has 12 heavy (non-hydrogen) atoms. The number of rotatable bonds is 0. The first-order valence-electron chi connectivity index (χ1n) is 3.55. The lowest BCUT2D eigenvalue weighted by molar-refractivity contribution is 1.16. The van der Waals surface area contributed by atoms with Crippen LogP contribution in [0.5, 0.6) is 0 Å². The van der Waals surface area contributed by atoms with Crippen LogP contribution in [0.3, 0.4) is 0 Å². The molecule has 0 fully saturated rings. The Morgan fingerprint density at radius 1 is 1.33 bits per heavy atom. The van der Waals surface area contributed by atoms with E-state index < -0.39 is 0 Å². The molecule has 0 aromatic carbocycles. The van der Waals surface area contributed by atoms with E-state index in [4.69, 9.17) is 11.5 Å². The molecule has 0 aliphatic carbocycles. The zero-order chi connectivity index (χ0) is 8.72. The number of hydrogen-bond acceptors (Lipinski definition) is 4. The molecule has 0 spiro atoms. The Kier molecular flexibility index (Phi) is 1.21. The van der Waals surface area contributed by atoms with Crippen molar-refractivity contribution in [3.8, 4) is 0 Å². The molecular weight excluding hydrogens is 154 g/mol. The van der Waals surface area contributed by atoms with Crippen LogP contribution in [0.2, 0.25) is 0 Å². The highest BCUT2D eigenvalue weighted by Gasteiger charge is 2.04. The van der Waals surface area contributed by atoms with Gasteiger partial charge in [0.25, 0.3) is 0 Å². The largest absolute Gasteiger partial charge is 0.397 e. The van der Waals surface area contributed by atoms with Gasteiger partial charge in [0.05, 0.1) is 5.69 Å². The fourth-order valence-corrected chi connectivity index (χ4v) is 1.15. The Bertz CT molecular complexity index is 431. The minimum absolute atomic E-state index is 0.395. The molecule has 0 bridgehead atoms. The van der Waals surface area contributed by atoms with E-state index in [1.54, 1.807) is 6.07 Å². The monoisotopic (exact) mass is 163 g/mol. The van der Waals surface area contributed by atoms with Crippen LogP contribution in [-0.4, -0.2) is 15.0 Å². The average molecular weight is 163 g/mol. The zero-order valence-electron chi connectivity index (χ0n) is 6.63. The maximum Gasteiger partial charge on any atom is 0.181 e. The van der Waals surface area contributed by atoms with Gasteiger partial charge in [-0.25, -0.2) is 9.97 Å². The first-order chi connectivity index (χ1) is 5.66. The van der Waals surface area contributed by atoms with Gasteiger partial charge >= 0.3 is 0 Å². The maximum absolute atomic E-state index is 5.68. The normalized spacial score (nSPS) is 10.8. The van der Waals surface area contributed by atoms with E-state index in [1.165, 1.54) is 0 Å². The highest BCUT2D eigenvalue weighted by molar-refractivity contribution is 5.85. The number of nitrogens with one attached hydrogen (secondary N) is 1. The van der Waals surface area contributed by atoms with E-state index in [2.05, 4.69) is 15.0 Å². The van der Waals surface area contributed by atoms with Gasteiger partial charge in [0.15, 0.2) is 5.65 Å². The van der Waals surface area contributed by atoms with Crippen molar-refractivity contribution in [3.05, 3.63) is 11.9 Å². The quantitative estimate of drug-likeness (QED) is 0.525. The van der Waals surface area contributed by atoms with E-state index in [0.717, 1.165) is 11.3 Å². The smallest absolute Gasteiger partial charge is 0.181 e. The van der Waals surface area contributed by atoms with Crippen molar-refractivity contribution in [1.29, 1.82) is 0 Å². The molecule has 0 amide bonds. The Morgan fingerprint density at radius 3 is 2.83 bits per heavy atom. The number of nitrogen functional groups attached to an aromatic ring is 2. The lowest BCUT2D eigenvalue weighted by Gasteiger charge is -1.95. The number of imidazole rings is 1. The van der Waals surface area contributed by atoms with Gasteiger partial charge in [-0.1, -0.05) is 0 Å². The van der Waals surface area contributed by atoms with Gasteiger partial charge in [-0.2, -0.15) is 0 Å². The molecule has 62 valence electrons. The van der Waals surface area contributed by atoms with Gasteiger partial charge in [-0.15, -0.1) is 0 Å². The Hall–Kier alpha value is -1.78. The van der Waals surface area contributed by atoms with Crippen molar-refractivity contribution in [2.24, 2.45) is 0 Å². The molecule has 2 rings (SSSR count). The SMILES string of the molecule is Cc1nc2nc(N)cc(N)c2[nH]1. The van der Waals surface area contributed by atoms with E-state index in [0.29, 0.717) is 17.2 Å². The number of aromatic amines is 1. The lowest BCUT2D eigenvalue weighted by Crippen LogP contribution is -1.94. The standard InChI is InChI=1S/C7H9N5/c1-3-10-6-4(8)2-5(9)12-7(6)11-3/h2H,1H3,(H5,8,9,10,11,12). The van der Waals surface area contributed by atoms with Crippen LogP contribution in [0.4, 0.5) is 11.5 Å². The Balaban J connectivity index is 2.88. The number of hydrogen-bond donors (Lipinski definition) is 3. The summed E-state index contributed by atoms with van der Waals surface area (Å²) in [5.74, 6) is 1.18. The molecule has 0 atom stereocenters. The van der Waals surface area contributed by atoms with Crippen LogP contribution >= 0.6 is 0 Å². The number of pyridine rings is 1. The second-order valence-electron chi connectivity index (χ2n) is 2.66. The molecule has 2 aromatic heterocycles.